The van der Waals surface area contributed by atoms with Crippen LogP contribution in [0.4, 0.5) is 11.5 Å². The molecule has 0 saturated heterocycles. The van der Waals surface area contributed by atoms with E-state index in [0.717, 1.165) is 10.7 Å². The molecule has 0 radical (unpaired) electrons. The lowest BCUT2D eigenvalue weighted by Crippen LogP contribution is -2.21. The summed E-state index contributed by atoms with van der Waals surface area (Å²) in [6.45, 7) is 2.13. The molecule has 1 aromatic carbocycles. The number of pyridine rings is 1. The number of hydrogen-bond donors (Lipinski definition) is 1. The molecule has 0 aliphatic rings. The maximum absolute atomic E-state index is 6.02. The van der Waals surface area contributed by atoms with Crippen LogP contribution in [0.25, 0.3) is 0 Å². The molecule has 0 aliphatic carbocycles. The maximum Gasteiger partial charge on any atom is 0.125 e. The van der Waals surface area contributed by atoms with Gasteiger partial charge in [-0.05, 0) is 30.7 Å². The molecule has 0 spiro atoms. The number of halogens is 1. The zero-order valence-electron chi connectivity index (χ0n) is 10.5. The highest BCUT2D eigenvalue weighted by Crippen LogP contribution is 2.27. The monoisotopic (exact) mass is 261 g/mol. The largest absolute Gasteiger partial charge is 0.384 e. The number of nitrogens with two attached hydrogens (primary N) is 1. The smallest absolute Gasteiger partial charge is 0.125 e. The zero-order valence-corrected chi connectivity index (χ0v) is 11.2. The second-order valence-corrected chi connectivity index (χ2v) is 4.72. The predicted molar refractivity (Wildman–Crippen MR) is 76.9 cm³/mol. The summed E-state index contributed by atoms with van der Waals surface area (Å²) in [5, 5.41) is 0.752. The Morgan fingerprint density at radius 3 is 2.72 bits per heavy atom. The molecule has 1 atom stereocenters. The van der Waals surface area contributed by atoms with Gasteiger partial charge in [-0.15, -0.1) is 0 Å². The molecule has 2 aromatic rings. The maximum atomic E-state index is 6.02. The summed E-state index contributed by atoms with van der Waals surface area (Å²) in [5.41, 5.74) is 7.90. The van der Waals surface area contributed by atoms with Crippen molar-refractivity contribution >= 4 is 23.1 Å². The Kier molecular flexibility index (Phi) is 3.72. The SMILES string of the molecule is CC(c1cccc(Cl)c1)N(C)c1ccnc(N)c1. The summed E-state index contributed by atoms with van der Waals surface area (Å²) in [6.07, 6.45) is 1.71. The first-order chi connectivity index (χ1) is 8.58. The van der Waals surface area contributed by atoms with Crippen molar-refractivity contribution in [2.24, 2.45) is 0 Å². The second-order valence-electron chi connectivity index (χ2n) is 4.28. The standard InChI is InChI=1S/C14H16ClN3/c1-10(11-4-3-5-12(15)8-11)18(2)13-6-7-17-14(16)9-13/h3-10H,1-2H3,(H2,16,17). The summed E-state index contributed by atoms with van der Waals surface area (Å²) in [7, 11) is 2.03. The minimum atomic E-state index is 0.213. The quantitative estimate of drug-likeness (QED) is 0.919. The minimum absolute atomic E-state index is 0.213. The lowest BCUT2D eigenvalue weighted by Gasteiger charge is -2.27. The van der Waals surface area contributed by atoms with Gasteiger partial charge >= 0.3 is 0 Å². The molecule has 0 amide bonds. The summed E-state index contributed by atoms with van der Waals surface area (Å²) in [4.78, 5) is 6.14. The van der Waals surface area contributed by atoms with Crippen molar-refractivity contribution in [3.8, 4) is 0 Å². The van der Waals surface area contributed by atoms with E-state index in [1.54, 1.807) is 6.20 Å². The minimum Gasteiger partial charge on any atom is -0.384 e. The van der Waals surface area contributed by atoms with Gasteiger partial charge in [-0.25, -0.2) is 4.98 Å². The topological polar surface area (TPSA) is 42.2 Å². The molecule has 0 fully saturated rings. The van der Waals surface area contributed by atoms with Crippen molar-refractivity contribution in [2.45, 2.75) is 13.0 Å². The van der Waals surface area contributed by atoms with Gasteiger partial charge in [-0.1, -0.05) is 23.7 Å². The van der Waals surface area contributed by atoms with Crippen LogP contribution >= 0.6 is 11.6 Å². The van der Waals surface area contributed by atoms with Gasteiger partial charge in [-0.3, -0.25) is 0 Å². The highest BCUT2D eigenvalue weighted by molar-refractivity contribution is 6.30. The third kappa shape index (κ3) is 2.74. The first-order valence-electron chi connectivity index (χ1n) is 5.78. The number of nitrogen functional groups attached to an aromatic ring is 1. The molecule has 3 nitrogen and oxygen atoms in total. The highest BCUT2D eigenvalue weighted by Gasteiger charge is 2.12. The first kappa shape index (κ1) is 12.7. The van der Waals surface area contributed by atoms with Gasteiger partial charge in [0.2, 0.25) is 0 Å². The van der Waals surface area contributed by atoms with Crippen LogP contribution in [0.1, 0.15) is 18.5 Å². The van der Waals surface area contributed by atoms with E-state index < -0.39 is 0 Å². The summed E-state index contributed by atoms with van der Waals surface area (Å²) in [5.74, 6) is 0.526. The normalized spacial score (nSPS) is 12.2. The van der Waals surface area contributed by atoms with Crippen molar-refractivity contribution in [3.05, 3.63) is 53.2 Å². The van der Waals surface area contributed by atoms with Gasteiger partial charge in [-0.2, -0.15) is 0 Å². The Labute approximate surface area is 112 Å². The van der Waals surface area contributed by atoms with Crippen LogP contribution in [0.2, 0.25) is 5.02 Å². The first-order valence-corrected chi connectivity index (χ1v) is 6.15. The number of benzene rings is 1. The molecular formula is C14H16ClN3. The van der Waals surface area contributed by atoms with Crippen LogP contribution in [0, 0.1) is 0 Å². The van der Waals surface area contributed by atoms with Gasteiger partial charge in [0.15, 0.2) is 0 Å². The molecular weight excluding hydrogens is 246 g/mol. The number of aromatic nitrogens is 1. The van der Waals surface area contributed by atoms with Gasteiger partial charge in [0.1, 0.15) is 5.82 Å². The third-order valence-corrected chi connectivity index (χ3v) is 3.32. The molecule has 0 saturated carbocycles. The Balaban J connectivity index is 2.26. The third-order valence-electron chi connectivity index (χ3n) is 3.08. The van der Waals surface area contributed by atoms with Crippen LogP contribution in [0.15, 0.2) is 42.6 Å². The van der Waals surface area contributed by atoms with Crippen LogP contribution in [-0.4, -0.2) is 12.0 Å². The molecule has 1 aromatic heterocycles. The Hall–Kier alpha value is -1.74. The van der Waals surface area contributed by atoms with Gasteiger partial charge in [0, 0.05) is 30.0 Å². The molecule has 0 bridgehead atoms. The Morgan fingerprint density at radius 1 is 1.28 bits per heavy atom. The van der Waals surface area contributed by atoms with Crippen molar-refractivity contribution in [1.29, 1.82) is 0 Å². The summed E-state index contributed by atoms with van der Waals surface area (Å²) >= 11 is 6.02. The van der Waals surface area contributed by atoms with Crippen LogP contribution in [0.3, 0.4) is 0 Å². The Morgan fingerprint density at radius 2 is 2.06 bits per heavy atom. The van der Waals surface area contributed by atoms with E-state index in [-0.39, 0.29) is 6.04 Å². The van der Waals surface area contributed by atoms with Gasteiger partial charge in [0.05, 0.1) is 6.04 Å². The molecule has 2 rings (SSSR count). The van der Waals surface area contributed by atoms with Crippen LogP contribution in [-0.2, 0) is 0 Å². The van der Waals surface area contributed by atoms with Crippen LogP contribution < -0.4 is 10.6 Å². The second kappa shape index (κ2) is 5.27. The molecule has 4 heteroatoms. The van der Waals surface area contributed by atoms with E-state index in [0.29, 0.717) is 5.82 Å². The van der Waals surface area contributed by atoms with E-state index >= 15 is 0 Å². The van der Waals surface area contributed by atoms with Gasteiger partial charge < -0.3 is 10.6 Å². The fourth-order valence-corrected chi connectivity index (χ4v) is 2.07. The lowest BCUT2D eigenvalue weighted by molar-refractivity contribution is 0.739. The average molecular weight is 262 g/mol. The fourth-order valence-electron chi connectivity index (χ4n) is 1.87. The zero-order chi connectivity index (χ0) is 13.1. The number of rotatable bonds is 3. The molecule has 0 aliphatic heterocycles. The number of nitrogens with zero attached hydrogens (tertiary/aromatic N) is 2. The number of anilines is 2. The van der Waals surface area contributed by atoms with E-state index in [4.69, 9.17) is 17.3 Å². The summed E-state index contributed by atoms with van der Waals surface area (Å²) < 4.78 is 0. The average Bonchev–Trinajstić information content (AvgIpc) is 2.37. The lowest BCUT2D eigenvalue weighted by atomic mass is 10.1. The van der Waals surface area contributed by atoms with Crippen molar-refractivity contribution in [2.75, 3.05) is 17.7 Å². The molecule has 1 heterocycles. The molecule has 18 heavy (non-hydrogen) atoms. The van der Waals surface area contributed by atoms with Crippen LogP contribution in [0.5, 0.6) is 0 Å². The van der Waals surface area contributed by atoms with Crippen molar-refractivity contribution < 1.29 is 0 Å². The number of hydrogen-bond acceptors (Lipinski definition) is 3. The highest BCUT2D eigenvalue weighted by atomic mass is 35.5. The van der Waals surface area contributed by atoms with E-state index in [9.17, 15) is 0 Å². The molecule has 94 valence electrons. The van der Waals surface area contributed by atoms with E-state index in [1.807, 2.05) is 37.4 Å². The summed E-state index contributed by atoms with van der Waals surface area (Å²) in [6, 6.07) is 11.9. The van der Waals surface area contributed by atoms with E-state index in [1.165, 1.54) is 5.56 Å². The predicted octanol–water partition coefficient (Wildman–Crippen LogP) is 3.51. The molecule has 2 N–H and O–H groups in total. The van der Waals surface area contributed by atoms with Gasteiger partial charge in [0.25, 0.3) is 0 Å². The van der Waals surface area contributed by atoms with Crippen molar-refractivity contribution in [3.63, 3.8) is 0 Å². The fraction of sp³-hybridized carbons (Fsp3) is 0.214. The Bertz CT molecular complexity index is 493. The van der Waals surface area contributed by atoms with Crippen molar-refractivity contribution in [1.82, 2.24) is 4.98 Å². The van der Waals surface area contributed by atoms with E-state index in [2.05, 4.69) is 22.9 Å². The molecule has 1 unspecified atom stereocenters.